The molecule has 2 aromatic carbocycles. The van der Waals surface area contributed by atoms with E-state index in [0.717, 1.165) is 19.3 Å². The highest BCUT2D eigenvalue weighted by atomic mass is 28.4. The highest BCUT2D eigenvalue weighted by Crippen LogP contribution is 2.42. The zero-order valence-corrected chi connectivity index (χ0v) is 20.9. The van der Waals surface area contributed by atoms with E-state index in [4.69, 9.17) is 13.9 Å². The molecule has 0 amide bonds. The summed E-state index contributed by atoms with van der Waals surface area (Å²) in [6.45, 7) is 11.6. The van der Waals surface area contributed by atoms with Crippen molar-refractivity contribution in [1.82, 2.24) is 0 Å². The van der Waals surface area contributed by atoms with Crippen LogP contribution in [0, 0.1) is 0 Å². The molecule has 0 unspecified atom stereocenters. The van der Waals surface area contributed by atoms with E-state index in [2.05, 4.69) is 88.0 Å². The van der Waals surface area contributed by atoms with Gasteiger partial charge in [-0.2, -0.15) is 0 Å². The number of ether oxygens (including phenoxy) is 2. The van der Waals surface area contributed by atoms with Crippen molar-refractivity contribution in [2.45, 2.75) is 82.3 Å². The van der Waals surface area contributed by atoms with Crippen molar-refractivity contribution in [3.63, 3.8) is 0 Å². The fraction of sp³-hybridized carbons (Fsp3) is 0.500. The van der Waals surface area contributed by atoms with Crippen LogP contribution in [0.2, 0.25) is 5.04 Å². The van der Waals surface area contributed by atoms with Gasteiger partial charge in [0, 0.05) is 12.8 Å². The third kappa shape index (κ3) is 4.51. The SMILES string of the molecule is C=CC[C@H](O[Si](c1ccccc1)(c1ccccc1)C(C)(C)C)[C@H]1COC2(CCCCC2)O1. The summed E-state index contributed by atoms with van der Waals surface area (Å²) in [4.78, 5) is 0. The Bertz CT molecular complexity index is 829. The average Bonchev–Trinajstić information content (AvgIpc) is 3.20. The van der Waals surface area contributed by atoms with Crippen molar-refractivity contribution in [2.75, 3.05) is 6.61 Å². The summed E-state index contributed by atoms with van der Waals surface area (Å²) in [5.74, 6) is -0.406. The summed E-state index contributed by atoms with van der Waals surface area (Å²) < 4.78 is 20.4. The number of hydrogen-bond donors (Lipinski definition) is 0. The molecule has 1 saturated carbocycles. The molecule has 4 rings (SSSR count). The summed E-state index contributed by atoms with van der Waals surface area (Å²) in [5.41, 5.74) is 0. The molecular formula is C28H38O3Si. The maximum absolute atomic E-state index is 7.40. The highest BCUT2D eigenvalue weighted by molar-refractivity contribution is 6.99. The third-order valence-electron chi connectivity index (χ3n) is 7.05. The predicted octanol–water partition coefficient (Wildman–Crippen LogP) is 5.58. The minimum atomic E-state index is -2.66. The minimum Gasteiger partial charge on any atom is -0.401 e. The van der Waals surface area contributed by atoms with Crippen molar-refractivity contribution in [1.29, 1.82) is 0 Å². The second-order valence-electron chi connectivity index (χ2n) is 10.3. The minimum absolute atomic E-state index is 0.0723. The normalized spacial score (nSPS) is 22.0. The van der Waals surface area contributed by atoms with Gasteiger partial charge in [0.05, 0.1) is 12.7 Å². The monoisotopic (exact) mass is 450 g/mol. The van der Waals surface area contributed by atoms with Crippen molar-refractivity contribution in [3.8, 4) is 0 Å². The maximum atomic E-state index is 7.40. The summed E-state index contributed by atoms with van der Waals surface area (Å²) in [6.07, 6.45) is 8.14. The molecule has 1 spiro atoms. The zero-order chi connectivity index (χ0) is 22.7. The van der Waals surface area contributed by atoms with E-state index in [-0.39, 0.29) is 17.2 Å². The van der Waals surface area contributed by atoms with Crippen LogP contribution in [-0.2, 0) is 13.9 Å². The lowest BCUT2D eigenvalue weighted by Crippen LogP contribution is -2.68. The first kappa shape index (κ1) is 23.4. The number of benzene rings is 2. The van der Waals surface area contributed by atoms with E-state index >= 15 is 0 Å². The van der Waals surface area contributed by atoms with E-state index < -0.39 is 14.1 Å². The van der Waals surface area contributed by atoms with Crippen molar-refractivity contribution >= 4 is 18.7 Å². The van der Waals surface area contributed by atoms with Crippen molar-refractivity contribution < 1.29 is 13.9 Å². The zero-order valence-electron chi connectivity index (χ0n) is 19.9. The Morgan fingerprint density at radius 3 is 2.06 bits per heavy atom. The standard InChI is InChI=1S/C28H38O3Si/c1-5-15-25(26-22-29-28(30-26)20-13-8-14-21-28)31-32(27(2,3)4,23-16-9-6-10-17-23)24-18-11-7-12-19-24/h5-7,9-12,16-19,25-26H,1,8,13-15,20-22H2,2-4H3/t25-,26+/m0/s1. The molecule has 1 aliphatic heterocycles. The van der Waals surface area contributed by atoms with E-state index in [9.17, 15) is 0 Å². The molecule has 2 fully saturated rings. The summed E-state index contributed by atoms with van der Waals surface area (Å²) in [6, 6.07) is 21.6. The molecule has 2 aromatic rings. The molecule has 2 aliphatic rings. The van der Waals surface area contributed by atoms with Gasteiger partial charge in [0.25, 0.3) is 8.32 Å². The Morgan fingerprint density at radius 2 is 1.56 bits per heavy atom. The van der Waals surface area contributed by atoms with Crippen LogP contribution in [-0.4, -0.2) is 32.9 Å². The fourth-order valence-corrected chi connectivity index (χ4v) is 10.2. The lowest BCUT2D eigenvalue weighted by Gasteiger charge is -2.46. The van der Waals surface area contributed by atoms with Gasteiger partial charge >= 0.3 is 0 Å². The number of hydrogen-bond acceptors (Lipinski definition) is 3. The van der Waals surface area contributed by atoms with Crippen LogP contribution in [0.1, 0.15) is 59.3 Å². The third-order valence-corrected chi connectivity index (χ3v) is 12.1. The summed E-state index contributed by atoms with van der Waals surface area (Å²) >= 11 is 0. The molecule has 32 heavy (non-hydrogen) atoms. The molecule has 172 valence electrons. The van der Waals surface area contributed by atoms with Gasteiger partial charge < -0.3 is 13.9 Å². The van der Waals surface area contributed by atoms with Crippen molar-refractivity contribution in [3.05, 3.63) is 73.3 Å². The second kappa shape index (κ2) is 9.64. The van der Waals surface area contributed by atoms with Crippen LogP contribution in [0.5, 0.6) is 0 Å². The molecule has 0 N–H and O–H groups in total. The first-order chi connectivity index (χ1) is 15.4. The first-order valence-corrected chi connectivity index (χ1v) is 14.0. The van der Waals surface area contributed by atoms with E-state index in [1.54, 1.807) is 0 Å². The van der Waals surface area contributed by atoms with E-state index in [1.807, 2.05) is 6.08 Å². The molecule has 3 nitrogen and oxygen atoms in total. The molecule has 2 atom stereocenters. The van der Waals surface area contributed by atoms with Crippen LogP contribution in [0.3, 0.4) is 0 Å². The van der Waals surface area contributed by atoms with E-state index in [1.165, 1.54) is 29.6 Å². The summed E-state index contributed by atoms with van der Waals surface area (Å²) in [5, 5.41) is 2.51. The van der Waals surface area contributed by atoms with Crippen LogP contribution >= 0.6 is 0 Å². The van der Waals surface area contributed by atoms with Gasteiger partial charge in [-0.15, -0.1) is 6.58 Å². The lowest BCUT2D eigenvalue weighted by atomic mass is 9.94. The Labute approximate surface area is 194 Å². The molecule has 1 aliphatic carbocycles. The molecule has 0 bridgehead atoms. The Morgan fingerprint density at radius 1 is 1.00 bits per heavy atom. The quantitative estimate of drug-likeness (QED) is 0.407. The molecule has 0 radical (unpaired) electrons. The van der Waals surface area contributed by atoms with Gasteiger partial charge in [-0.25, -0.2) is 0 Å². The van der Waals surface area contributed by atoms with Crippen LogP contribution in [0.15, 0.2) is 73.3 Å². The summed E-state index contributed by atoms with van der Waals surface area (Å²) in [7, 11) is -2.66. The van der Waals surface area contributed by atoms with Crippen molar-refractivity contribution in [2.24, 2.45) is 0 Å². The molecule has 0 aromatic heterocycles. The Kier molecular flexibility index (Phi) is 7.06. The van der Waals surface area contributed by atoms with Gasteiger partial charge in [-0.1, -0.05) is 93.9 Å². The van der Waals surface area contributed by atoms with Gasteiger partial charge in [-0.3, -0.25) is 0 Å². The van der Waals surface area contributed by atoms with E-state index in [0.29, 0.717) is 6.61 Å². The maximum Gasteiger partial charge on any atom is 0.261 e. The molecule has 1 saturated heterocycles. The van der Waals surface area contributed by atoms with Gasteiger partial charge in [0.1, 0.15) is 6.10 Å². The van der Waals surface area contributed by atoms with Gasteiger partial charge in [0.15, 0.2) is 5.79 Å². The van der Waals surface area contributed by atoms with Crippen LogP contribution in [0.4, 0.5) is 0 Å². The fourth-order valence-electron chi connectivity index (χ4n) is 5.47. The van der Waals surface area contributed by atoms with Gasteiger partial charge in [0.2, 0.25) is 0 Å². The Hall–Kier alpha value is -1.72. The lowest BCUT2D eigenvalue weighted by molar-refractivity contribution is -0.194. The molecular weight excluding hydrogens is 412 g/mol. The van der Waals surface area contributed by atoms with Crippen LogP contribution < -0.4 is 10.4 Å². The highest BCUT2D eigenvalue weighted by Gasteiger charge is 2.53. The average molecular weight is 451 g/mol. The van der Waals surface area contributed by atoms with Crippen LogP contribution in [0.25, 0.3) is 0 Å². The number of rotatable bonds is 7. The largest absolute Gasteiger partial charge is 0.401 e. The topological polar surface area (TPSA) is 27.7 Å². The second-order valence-corrected chi connectivity index (χ2v) is 14.5. The predicted molar refractivity (Wildman–Crippen MR) is 134 cm³/mol. The molecule has 1 heterocycles. The van der Waals surface area contributed by atoms with Gasteiger partial charge in [-0.05, 0) is 34.7 Å². The first-order valence-electron chi connectivity index (χ1n) is 12.1. The Balaban J connectivity index is 1.74. The molecule has 4 heteroatoms. The smallest absolute Gasteiger partial charge is 0.261 e.